The number of benzene rings is 4. The highest BCUT2D eigenvalue weighted by atomic mass is 32.1. The summed E-state index contributed by atoms with van der Waals surface area (Å²) in [5.74, 6) is -0.710. The maximum Gasteiger partial charge on any atom is 0.330 e. The first-order chi connectivity index (χ1) is 29.3. The average Bonchev–Trinajstić information content (AvgIpc) is 3.72. The Hall–Kier alpha value is -6.67. The molecule has 0 aliphatic heterocycles. The zero-order chi connectivity index (χ0) is 42.1. The molecule has 14 heteroatoms. The van der Waals surface area contributed by atoms with Gasteiger partial charge >= 0.3 is 17.9 Å². The molecule has 310 valence electrons. The Balaban J connectivity index is 1.00. The van der Waals surface area contributed by atoms with Gasteiger partial charge in [-0.3, -0.25) is 19.2 Å². The lowest BCUT2D eigenvalue weighted by molar-refractivity contribution is -0.145. The molecule has 0 saturated heterocycles. The van der Waals surface area contributed by atoms with Gasteiger partial charge in [0.15, 0.2) is 5.78 Å². The molecule has 0 N–H and O–H groups in total. The van der Waals surface area contributed by atoms with Crippen molar-refractivity contribution in [3.63, 3.8) is 0 Å². The Morgan fingerprint density at radius 2 is 1.40 bits per heavy atom. The summed E-state index contributed by atoms with van der Waals surface area (Å²) in [6.45, 7) is 4.47. The summed E-state index contributed by atoms with van der Waals surface area (Å²) >= 11 is 1.38. The van der Waals surface area contributed by atoms with Crippen molar-refractivity contribution in [3.05, 3.63) is 121 Å². The number of hydrogen-bond acceptors (Lipinski definition) is 14. The fourth-order valence-corrected chi connectivity index (χ4v) is 7.43. The highest BCUT2D eigenvalue weighted by Gasteiger charge is 2.32. The van der Waals surface area contributed by atoms with Gasteiger partial charge < -0.3 is 23.7 Å². The van der Waals surface area contributed by atoms with E-state index in [1.54, 1.807) is 48.5 Å². The van der Waals surface area contributed by atoms with Crippen LogP contribution in [0.1, 0.15) is 67.3 Å². The minimum Gasteiger partial charge on any atom is -0.494 e. The summed E-state index contributed by atoms with van der Waals surface area (Å²) in [5.41, 5.74) is 1.60. The highest BCUT2D eigenvalue weighted by molar-refractivity contribution is 7.22. The minimum absolute atomic E-state index is 0.113. The van der Waals surface area contributed by atoms with Gasteiger partial charge in [0.25, 0.3) is 6.47 Å². The van der Waals surface area contributed by atoms with Crippen LogP contribution in [0.4, 0.5) is 5.13 Å². The normalized spacial score (nSPS) is 14.9. The van der Waals surface area contributed by atoms with E-state index in [0.717, 1.165) is 42.0 Å². The predicted molar refractivity (Wildman–Crippen MR) is 227 cm³/mol. The van der Waals surface area contributed by atoms with Gasteiger partial charge in [-0.25, -0.2) is 14.8 Å². The van der Waals surface area contributed by atoms with E-state index in [1.807, 2.05) is 30.3 Å². The van der Waals surface area contributed by atoms with Crippen LogP contribution in [0.25, 0.3) is 10.2 Å². The van der Waals surface area contributed by atoms with Crippen molar-refractivity contribution in [3.8, 4) is 23.0 Å². The van der Waals surface area contributed by atoms with Gasteiger partial charge in [-0.15, -0.1) is 0 Å². The lowest BCUT2D eigenvalue weighted by atomic mass is 9.82. The Bertz CT molecular complexity index is 2250. The second-order valence-corrected chi connectivity index (χ2v) is 15.0. The Morgan fingerprint density at radius 1 is 0.767 bits per heavy atom. The molecule has 0 bridgehead atoms. The van der Waals surface area contributed by atoms with Crippen molar-refractivity contribution < 1.29 is 47.7 Å². The fourth-order valence-electron chi connectivity index (χ4n) is 6.51. The van der Waals surface area contributed by atoms with Crippen LogP contribution in [-0.2, 0) is 23.9 Å². The molecule has 0 radical (unpaired) electrons. The number of nitrogens with zero attached hydrogens (tertiary/aromatic N) is 3. The molecule has 1 aromatic heterocycles. The van der Waals surface area contributed by atoms with E-state index in [9.17, 15) is 24.0 Å². The lowest BCUT2D eigenvalue weighted by Crippen LogP contribution is -2.30. The highest BCUT2D eigenvalue weighted by Crippen LogP contribution is 2.33. The number of unbranched alkanes of at least 4 members (excludes halogenated alkanes) is 3. The van der Waals surface area contributed by atoms with E-state index in [-0.39, 0.29) is 42.2 Å². The molecule has 1 fully saturated rings. The number of aromatic nitrogens is 1. The predicted octanol–water partition coefficient (Wildman–Crippen LogP) is 8.54. The van der Waals surface area contributed by atoms with Crippen LogP contribution in [0.15, 0.2) is 115 Å². The second-order valence-electron chi connectivity index (χ2n) is 14.0. The van der Waals surface area contributed by atoms with Gasteiger partial charge in [-0.05, 0) is 106 Å². The van der Waals surface area contributed by atoms with Gasteiger partial charge in [0.2, 0.25) is 5.13 Å². The molecular weight excluding hydrogens is 787 g/mol. The number of carbonyl (C=O) groups excluding carboxylic acids is 5. The molecule has 1 saturated carbocycles. The van der Waals surface area contributed by atoms with Crippen molar-refractivity contribution in [1.82, 2.24) is 4.98 Å². The summed E-state index contributed by atoms with van der Waals surface area (Å²) in [6, 6.07) is 27.9. The number of ketones is 1. The number of esters is 3. The SMILES string of the molecule is C=CC(=O)OCCCCCCOc1ccc(OC(=O)C2CCC(C(=O)Oc3ccc(OC=O)c(/C=N/N(CC(=O)c4ccccc4)c4nc5ccccc5s4)c3)CC2)cc1. The van der Waals surface area contributed by atoms with Gasteiger partial charge in [0.05, 0.1) is 41.5 Å². The molecule has 5 aromatic rings. The number of para-hydroxylation sites is 1. The van der Waals surface area contributed by atoms with Crippen LogP contribution in [-0.4, -0.2) is 61.1 Å². The first-order valence-electron chi connectivity index (χ1n) is 19.7. The average molecular weight is 832 g/mol. The van der Waals surface area contributed by atoms with Crippen molar-refractivity contribution >= 4 is 63.1 Å². The molecule has 60 heavy (non-hydrogen) atoms. The van der Waals surface area contributed by atoms with Crippen LogP contribution in [0.3, 0.4) is 0 Å². The fraction of sp³-hybridized carbons (Fsp3) is 0.283. The van der Waals surface area contributed by atoms with E-state index >= 15 is 0 Å². The van der Waals surface area contributed by atoms with Crippen LogP contribution < -0.4 is 24.0 Å². The van der Waals surface area contributed by atoms with E-state index < -0.39 is 17.9 Å². The molecule has 0 unspecified atom stereocenters. The lowest BCUT2D eigenvalue weighted by Gasteiger charge is -2.25. The van der Waals surface area contributed by atoms with Gasteiger partial charge in [-0.1, -0.05) is 60.4 Å². The zero-order valence-corrected chi connectivity index (χ0v) is 33.8. The van der Waals surface area contributed by atoms with Crippen molar-refractivity contribution in [2.45, 2.75) is 51.4 Å². The first-order valence-corrected chi connectivity index (χ1v) is 20.6. The minimum atomic E-state index is -0.442. The molecule has 6 rings (SSSR count). The van der Waals surface area contributed by atoms with E-state index in [4.69, 9.17) is 23.7 Å². The number of rotatable bonds is 21. The summed E-state index contributed by atoms with van der Waals surface area (Å²) in [4.78, 5) is 66.7. The number of fused-ring (bicyclic) bond motifs is 1. The maximum absolute atomic E-state index is 13.3. The Morgan fingerprint density at radius 3 is 2.08 bits per heavy atom. The third-order valence-electron chi connectivity index (χ3n) is 9.76. The molecule has 0 atom stereocenters. The third kappa shape index (κ3) is 12.4. The summed E-state index contributed by atoms with van der Waals surface area (Å²) in [7, 11) is 0. The molecule has 4 aromatic carbocycles. The Kier molecular flexibility index (Phi) is 15.7. The smallest absolute Gasteiger partial charge is 0.330 e. The molecular formula is C46H45N3O10S. The largest absolute Gasteiger partial charge is 0.494 e. The molecule has 0 spiro atoms. The monoisotopic (exact) mass is 831 g/mol. The zero-order valence-electron chi connectivity index (χ0n) is 32.9. The number of carbonyl (C=O) groups is 5. The second kappa shape index (κ2) is 21.9. The number of hydrazone groups is 1. The van der Waals surface area contributed by atoms with Crippen molar-refractivity contribution in [1.29, 1.82) is 0 Å². The first kappa shape index (κ1) is 42.9. The number of Topliss-reactive ketones (excluding diaryl/α,β-unsaturated/α-hetero) is 1. The molecule has 13 nitrogen and oxygen atoms in total. The third-order valence-corrected chi connectivity index (χ3v) is 10.8. The van der Waals surface area contributed by atoms with Crippen LogP contribution in [0.2, 0.25) is 0 Å². The quantitative estimate of drug-likeness (QED) is 0.0102. The summed E-state index contributed by atoms with van der Waals surface area (Å²) < 4.78 is 28.3. The van der Waals surface area contributed by atoms with Crippen LogP contribution >= 0.6 is 11.3 Å². The summed E-state index contributed by atoms with van der Waals surface area (Å²) in [5, 5.41) is 6.58. The Labute approximate surface area is 351 Å². The summed E-state index contributed by atoms with van der Waals surface area (Å²) in [6.07, 6.45) is 7.89. The number of ether oxygens (including phenoxy) is 5. The molecule has 1 aliphatic carbocycles. The van der Waals surface area contributed by atoms with Gasteiger partial charge in [-0.2, -0.15) is 5.10 Å². The molecule has 1 aliphatic rings. The van der Waals surface area contributed by atoms with E-state index in [1.165, 1.54) is 40.8 Å². The molecule has 1 heterocycles. The van der Waals surface area contributed by atoms with E-state index in [2.05, 4.69) is 16.7 Å². The van der Waals surface area contributed by atoms with Crippen LogP contribution in [0, 0.1) is 11.8 Å². The number of thiazole rings is 1. The van der Waals surface area contributed by atoms with Gasteiger partial charge in [0, 0.05) is 17.2 Å². The van der Waals surface area contributed by atoms with Crippen LogP contribution in [0.5, 0.6) is 23.0 Å². The van der Waals surface area contributed by atoms with Gasteiger partial charge in [0.1, 0.15) is 29.5 Å². The topological polar surface area (TPSA) is 160 Å². The number of hydrogen-bond donors (Lipinski definition) is 0. The van der Waals surface area contributed by atoms with Crippen molar-refractivity contribution in [2.24, 2.45) is 16.9 Å². The standard InChI is InChI=1S/C46H45N3O10S/c1-2-43(52)56-27-11-4-3-10-26-55-36-20-22-37(23-21-36)58-44(53)33-16-18-34(19-17-33)45(54)59-38-24-25-41(57-31-50)35(28-38)29-47-49(30-40(51)32-12-6-5-7-13-32)46-48-39-14-8-9-15-42(39)60-46/h2,5-9,12-15,20-25,28-29,31,33-34H,1,3-4,10-11,16-19,26-27,30H2/b47-29+. The number of anilines is 1. The van der Waals surface area contributed by atoms with Crippen molar-refractivity contribution in [2.75, 3.05) is 24.8 Å². The van der Waals surface area contributed by atoms with E-state index in [0.29, 0.717) is 66.7 Å². The maximum atomic E-state index is 13.3. The molecule has 0 amide bonds.